The van der Waals surface area contributed by atoms with Crippen molar-refractivity contribution in [3.05, 3.63) is 34.3 Å². The molecule has 0 bridgehead atoms. The van der Waals surface area contributed by atoms with E-state index in [1.165, 1.54) is 5.56 Å². The molecule has 1 rings (SSSR count). The molecular formula is C13H17BrN2. The normalized spacial score (nSPS) is 11.1. The Morgan fingerprint density at radius 3 is 2.50 bits per heavy atom. The summed E-state index contributed by atoms with van der Waals surface area (Å²) in [6.07, 6.45) is 0.995. The molecule has 0 heterocycles. The fourth-order valence-electron chi connectivity index (χ4n) is 1.32. The van der Waals surface area contributed by atoms with Crippen LogP contribution in [0.3, 0.4) is 0 Å². The van der Waals surface area contributed by atoms with Crippen LogP contribution >= 0.6 is 15.9 Å². The Balaban J connectivity index is 2.27. The van der Waals surface area contributed by atoms with E-state index in [0.717, 1.165) is 24.0 Å². The van der Waals surface area contributed by atoms with Gasteiger partial charge in [-0.3, -0.25) is 0 Å². The highest BCUT2D eigenvalue weighted by Crippen LogP contribution is 2.12. The second-order valence-electron chi connectivity index (χ2n) is 4.55. The molecule has 1 aromatic rings. The number of halogens is 1. The number of nitrogens with one attached hydrogen (secondary N) is 1. The zero-order valence-electron chi connectivity index (χ0n) is 9.76. The molecule has 0 radical (unpaired) electrons. The number of hydrogen-bond acceptors (Lipinski definition) is 2. The number of rotatable bonds is 5. The van der Waals surface area contributed by atoms with Crippen LogP contribution in [-0.2, 0) is 6.42 Å². The van der Waals surface area contributed by atoms with Crippen molar-refractivity contribution in [2.75, 3.05) is 13.1 Å². The van der Waals surface area contributed by atoms with Gasteiger partial charge >= 0.3 is 0 Å². The van der Waals surface area contributed by atoms with E-state index in [1.807, 2.05) is 13.8 Å². The van der Waals surface area contributed by atoms with Crippen LogP contribution in [0.25, 0.3) is 0 Å². The van der Waals surface area contributed by atoms with E-state index in [9.17, 15) is 0 Å². The standard InChI is InChI=1S/C13H17BrN2/c1-13(2,9-15)10-16-8-7-11-3-5-12(14)6-4-11/h3-6,16H,7-8,10H2,1-2H3. The number of nitrogens with zero attached hydrogens (tertiary/aromatic N) is 1. The quantitative estimate of drug-likeness (QED) is 0.842. The average molecular weight is 281 g/mol. The van der Waals surface area contributed by atoms with E-state index in [-0.39, 0.29) is 5.41 Å². The molecule has 86 valence electrons. The summed E-state index contributed by atoms with van der Waals surface area (Å²) in [7, 11) is 0. The molecular weight excluding hydrogens is 264 g/mol. The van der Waals surface area contributed by atoms with E-state index in [1.54, 1.807) is 0 Å². The van der Waals surface area contributed by atoms with Gasteiger partial charge in [0.15, 0.2) is 0 Å². The Hall–Kier alpha value is -0.850. The Bertz CT molecular complexity index is 363. The molecule has 1 N–H and O–H groups in total. The Labute approximate surface area is 106 Å². The van der Waals surface area contributed by atoms with Crippen molar-refractivity contribution in [3.8, 4) is 6.07 Å². The molecule has 0 atom stereocenters. The zero-order chi connectivity index (χ0) is 12.0. The van der Waals surface area contributed by atoms with E-state index in [0.29, 0.717) is 0 Å². The van der Waals surface area contributed by atoms with Crippen molar-refractivity contribution >= 4 is 15.9 Å². The topological polar surface area (TPSA) is 35.8 Å². The fraction of sp³-hybridized carbons (Fsp3) is 0.462. The van der Waals surface area contributed by atoms with Crippen molar-refractivity contribution in [2.24, 2.45) is 5.41 Å². The fourth-order valence-corrected chi connectivity index (χ4v) is 1.59. The monoisotopic (exact) mass is 280 g/mol. The van der Waals surface area contributed by atoms with Gasteiger partial charge in [-0.15, -0.1) is 0 Å². The Kier molecular flexibility index (Phi) is 4.98. The van der Waals surface area contributed by atoms with Crippen molar-refractivity contribution in [1.29, 1.82) is 5.26 Å². The van der Waals surface area contributed by atoms with Crippen molar-refractivity contribution in [3.63, 3.8) is 0 Å². The molecule has 0 fully saturated rings. The van der Waals surface area contributed by atoms with Gasteiger partial charge in [-0.2, -0.15) is 5.26 Å². The second kappa shape index (κ2) is 6.03. The molecule has 16 heavy (non-hydrogen) atoms. The van der Waals surface area contributed by atoms with Crippen LogP contribution in [0.5, 0.6) is 0 Å². The third-order valence-electron chi connectivity index (χ3n) is 2.37. The molecule has 0 saturated heterocycles. The first kappa shape index (κ1) is 13.2. The number of nitriles is 1. The summed E-state index contributed by atoms with van der Waals surface area (Å²) in [6, 6.07) is 10.6. The van der Waals surface area contributed by atoms with Crippen molar-refractivity contribution in [1.82, 2.24) is 5.32 Å². The minimum atomic E-state index is -0.278. The molecule has 0 spiro atoms. The maximum absolute atomic E-state index is 8.85. The summed E-state index contributed by atoms with van der Waals surface area (Å²) in [6.45, 7) is 5.53. The first-order valence-electron chi connectivity index (χ1n) is 5.40. The summed E-state index contributed by atoms with van der Waals surface area (Å²) in [5.41, 5.74) is 1.03. The van der Waals surface area contributed by atoms with Gasteiger partial charge in [-0.25, -0.2) is 0 Å². The smallest absolute Gasteiger partial charge is 0.0697 e. The van der Waals surface area contributed by atoms with Gasteiger partial charge in [0.25, 0.3) is 0 Å². The predicted octanol–water partition coefficient (Wildman–Crippen LogP) is 3.13. The lowest BCUT2D eigenvalue weighted by atomic mass is 9.96. The first-order chi connectivity index (χ1) is 7.53. The second-order valence-corrected chi connectivity index (χ2v) is 5.46. The van der Waals surface area contributed by atoms with E-state index < -0.39 is 0 Å². The molecule has 1 aromatic carbocycles. The largest absolute Gasteiger partial charge is 0.315 e. The van der Waals surface area contributed by atoms with E-state index in [2.05, 4.69) is 51.6 Å². The molecule has 0 aliphatic carbocycles. The van der Waals surface area contributed by atoms with E-state index >= 15 is 0 Å². The van der Waals surface area contributed by atoms with Crippen molar-refractivity contribution in [2.45, 2.75) is 20.3 Å². The van der Waals surface area contributed by atoms with Crippen LogP contribution in [0.1, 0.15) is 19.4 Å². The molecule has 0 aliphatic heterocycles. The van der Waals surface area contributed by atoms with Gasteiger partial charge in [0.2, 0.25) is 0 Å². The third kappa shape index (κ3) is 4.78. The van der Waals surface area contributed by atoms with Crippen LogP contribution in [-0.4, -0.2) is 13.1 Å². The number of benzene rings is 1. The molecule has 0 unspecified atom stereocenters. The lowest BCUT2D eigenvalue weighted by molar-refractivity contribution is 0.447. The molecule has 2 nitrogen and oxygen atoms in total. The van der Waals surface area contributed by atoms with Crippen LogP contribution in [0.2, 0.25) is 0 Å². The summed E-state index contributed by atoms with van der Waals surface area (Å²) in [5.74, 6) is 0. The molecule has 0 amide bonds. The summed E-state index contributed by atoms with van der Waals surface area (Å²) >= 11 is 3.41. The number of hydrogen-bond donors (Lipinski definition) is 1. The predicted molar refractivity (Wildman–Crippen MR) is 70.1 cm³/mol. The van der Waals surface area contributed by atoms with Crippen LogP contribution in [0.4, 0.5) is 0 Å². The van der Waals surface area contributed by atoms with Crippen LogP contribution in [0, 0.1) is 16.7 Å². The van der Waals surface area contributed by atoms with Gasteiger partial charge in [0.1, 0.15) is 0 Å². The van der Waals surface area contributed by atoms with Gasteiger partial charge in [0, 0.05) is 11.0 Å². The molecule has 0 aliphatic rings. The minimum absolute atomic E-state index is 0.278. The lowest BCUT2D eigenvalue weighted by Crippen LogP contribution is -2.29. The summed E-state index contributed by atoms with van der Waals surface area (Å²) in [5, 5.41) is 12.2. The highest BCUT2D eigenvalue weighted by Gasteiger charge is 2.14. The molecule has 0 saturated carbocycles. The molecule has 3 heteroatoms. The van der Waals surface area contributed by atoms with Crippen LogP contribution < -0.4 is 5.32 Å². The van der Waals surface area contributed by atoms with Gasteiger partial charge < -0.3 is 5.32 Å². The van der Waals surface area contributed by atoms with Gasteiger partial charge in [0.05, 0.1) is 11.5 Å². The summed E-state index contributed by atoms with van der Waals surface area (Å²) < 4.78 is 1.11. The maximum Gasteiger partial charge on any atom is 0.0697 e. The maximum atomic E-state index is 8.85. The van der Waals surface area contributed by atoms with Gasteiger partial charge in [-0.05, 0) is 44.5 Å². The first-order valence-corrected chi connectivity index (χ1v) is 6.19. The SMILES string of the molecule is CC(C)(C#N)CNCCc1ccc(Br)cc1. The Morgan fingerprint density at radius 1 is 1.31 bits per heavy atom. The van der Waals surface area contributed by atoms with Gasteiger partial charge in [-0.1, -0.05) is 28.1 Å². The summed E-state index contributed by atoms with van der Waals surface area (Å²) in [4.78, 5) is 0. The van der Waals surface area contributed by atoms with Crippen molar-refractivity contribution < 1.29 is 0 Å². The Morgan fingerprint density at radius 2 is 1.94 bits per heavy atom. The third-order valence-corrected chi connectivity index (χ3v) is 2.90. The molecule has 0 aromatic heterocycles. The highest BCUT2D eigenvalue weighted by atomic mass is 79.9. The zero-order valence-corrected chi connectivity index (χ0v) is 11.3. The van der Waals surface area contributed by atoms with E-state index in [4.69, 9.17) is 5.26 Å². The van der Waals surface area contributed by atoms with Crippen LogP contribution in [0.15, 0.2) is 28.7 Å². The lowest BCUT2D eigenvalue weighted by Gasteiger charge is -2.15. The average Bonchev–Trinajstić information content (AvgIpc) is 2.27. The minimum Gasteiger partial charge on any atom is -0.315 e. The highest BCUT2D eigenvalue weighted by molar-refractivity contribution is 9.10.